The van der Waals surface area contributed by atoms with Crippen molar-refractivity contribution >= 4 is 23.4 Å². The molecule has 0 bridgehead atoms. The summed E-state index contributed by atoms with van der Waals surface area (Å²) >= 11 is 6.18. The molecule has 26 heavy (non-hydrogen) atoms. The zero-order valence-electron chi connectivity index (χ0n) is 14.2. The number of aryl methyl sites for hydroxylation is 1. The molecule has 0 spiro atoms. The first kappa shape index (κ1) is 18.1. The fourth-order valence-electron chi connectivity index (χ4n) is 3.11. The topological polar surface area (TPSA) is 82.3 Å². The molecule has 2 heterocycles. The van der Waals surface area contributed by atoms with E-state index in [2.05, 4.69) is 10.3 Å². The van der Waals surface area contributed by atoms with E-state index >= 15 is 0 Å². The molecule has 136 valence electrons. The smallest absolute Gasteiger partial charge is 0.261 e. The van der Waals surface area contributed by atoms with E-state index in [0.717, 1.165) is 0 Å². The van der Waals surface area contributed by atoms with Crippen LogP contribution in [0, 0.1) is 19.7 Å². The highest BCUT2D eigenvalue weighted by molar-refractivity contribution is 6.32. The molecule has 2 amide bonds. The average molecular weight is 378 g/mol. The number of H-pyrrole nitrogens is 1. The number of nitrogens with one attached hydrogen (secondary N) is 2. The Bertz CT molecular complexity index is 940. The van der Waals surface area contributed by atoms with E-state index in [1.54, 1.807) is 13.8 Å². The molecule has 1 aromatic heterocycles. The minimum Gasteiger partial charge on any atom is -0.352 e. The van der Waals surface area contributed by atoms with Crippen LogP contribution in [-0.4, -0.2) is 34.8 Å². The van der Waals surface area contributed by atoms with E-state index in [0.29, 0.717) is 21.8 Å². The highest BCUT2D eigenvalue weighted by Crippen LogP contribution is 2.27. The van der Waals surface area contributed by atoms with Gasteiger partial charge >= 0.3 is 0 Å². The molecule has 2 N–H and O–H groups in total. The summed E-state index contributed by atoms with van der Waals surface area (Å²) in [6.07, 6.45) is 0. The summed E-state index contributed by atoms with van der Waals surface area (Å²) in [6.45, 7) is 3.71. The highest BCUT2D eigenvalue weighted by atomic mass is 35.5. The number of amides is 2. The molecule has 1 atom stereocenters. The first-order valence-corrected chi connectivity index (χ1v) is 8.42. The van der Waals surface area contributed by atoms with Gasteiger partial charge in [-0.15, -0.1) is 0 Å². The number of piperazine rings is 1. The number of benzene rings is 1. The minimum atomic E-state index is -0.948. The summed E-state index contributed by atoms with van der Waals surface area (Å²) < 4.78 is 13.2. The molecule has 0 aliphatic carbocycles. The normalized spacial score (nSPS) is 17.2. The predicted molar refractivity (Wildman–Crippen MR) is 94.7 cm³/mol. The standard InChI is InChI=1S/C18H17ClFN3O3/c1-9-13(16(24)22-10(2)14(9)19)18(26)23-8-7-21-17(25)15(23)11-3-5-12(20)6-4-11/h3-6,15H,7-8H2,1-2H3,(H,21,25)(H,22,24)/t15-/m1/s1. The average Bonchev–Trinajstić information content (AvgIpc) is 2.60. The van der Waals surface area contributed by atoms with E-state index in [4.69, 9.17) is 11.6 Å². The van der Waals surface area contributed by atoms with Crippen LogP contribution in [0.4, 0.5) is 4.39 Å². The monoisotopic (exact) mass is 377 g/mol. The first-order valence-electron chi connectivity index (χ1n) is 8.04. The zero-order valence-corrected chi connectivity index (χ0v) is 15.0. The quantitative estimate of drug-likeness (QED) is 0.840. The van der Waals surface area contributed by atoms with Crippen LogP contribution in [0.25, 0.3) is 0 Å². The molecule has 0 saturated carbocycles. The molecular formula is C18H17ClFN3O3. The van der Waals surface area contributed by atoms with Crippen molar-refractivity contribution in [2.75, 3.05) is 13.1 Å². The van der Waals surface area contributed by atoms with E-state index in [-0.39, 0.29) is 24.6 Å². The van der Waals surface area contributed by atoms with E-state index in [9.17, 15) is 18.8 Å². The number of hydrogen-bond acceptors (Lipinski definition) is 3. The van der Waals surface area contributed by atoms with Crippen LogP contribution in [-0.2, 0) is 4.79 Å². The number of rotatable bonds is 2. The van der Waals surface area contributed by atoms with Crippen LogP contribution < -0.4 is 10.9 Å². The van der Waals surface area contributed by atoms with Crippen molar-refractivity contribution in [2.45, 2.75) is 19.9 Å². The van der Waals surface area contributed by atoms with E-state index in [1.165, 1.54) is 29.2 Å². The Labute approximate surface area is 154 Å². The number of aromatic nitrogens is 1. The van der Waals surface area contributed by atoms with Gasteiger partial charge in [0, 0.05) is 18.8 Å². The lowest BCUT2D eigenvalue weighted by Crippen LogP contribution is -2.53. The van der Waals surface area contributed by atoms with Crippen LogP contribution in [0.5, 0.6) is 0 Å². The summed E-state index contributed by atoms with van der Waals surface area (Å²) in [6, 6.07) is 4.39. The van der Waals surface area contributed by atoms with Crippen LogP contribution in [0.3, 0.4) is 0 Å². The van der Waals surface area contributed by atoms with Crippen molar-refractivity contribution in [1.29, 1.82) is 0 Å². The molecule has 1 aromatic carbocycles. The van der Waals surface area contributed by atoms with Crippen LogP contribution in [0.2, 0.25) is 5.02 Å². The van der Waals surface area contributed by atoms with E-state index < -0.39 is 23.3 Å². The molecule has 1 fully saturated rings. The number of pyridine rings is 1. The third-order valence-electron chi connectivity index (χ3n) is 4.43. The number of carbonyl (C=O) groups is 2. The van der Waals surface area contributed by atoms with Crippen molar-refractivity contribution in [1.82, 2.24) is 15.2 Å². The maximum absolute atomic E-state index is 13.2. The Balaban J connectivity index is 2.07. The zero-order chi connectivity index (χ0) is 19.0. The summed E-state index contributed by atoms with van der Waals surface area (Å²) in [5.41, 5.74) is 0.642. The predicted octanol–water partition coefficient (Wildman–Crippen LogP) is 2.10. The molecule has 3 rings (SSSR count). The van der Waals surface area contributed by atoms with Gasteiger partial charge < -0.3 is 15.2 Å². The van der Waals surface area contributed by atoms with E-state index in [1.807, 2.05) is 0 Å². The van der Waals surface area contributed by atoms with Crippen LogP contribution >= 0.6 is 11.6 Å². The lowest BCUT2D eigenvalue weighted by atomic mass is 10.00. The summed E-state index contributed by atoms with van der Waals surface area (Å²) in [7, 11) is 0. The number of hydrogen-bond donors (Lipinski definition) is 2. The lowest BCUT2D eigenvalue weighted by molar-refractivity contribution is -0.128. The minimum absolute atomic E-state index is 0.0950. The fourth-order valence-corrected chi connectivity index (χ4v) is 3.25. The van der Waals surface area contributed by atoms with Crippen molar-refractivity contribution < 1.29 is 14.0 Å². The van der Waals surface area contributed by atoms with Crippen molar-refractivity contribution in [3.8, 4) is 0 Å². The highest BCUT2D eigenvalue weighted by Gasteiger charge is 2.36. The third-order valence-corrected chi connectivity index (χ3v) is 5.00. The molecule has 1 saturated heterocycles. The van der Waals surface area contributed by atoms with Gasteiger partial charge in [-0.05, 0) is 37.1 Å². The second kappa shape index (κ2) is 6.92. The summed E-state index contributed by atoms with van der Waals surface area (Å²) in [4.78, 5) is 41.7. The maximum atomic E-state index is 13.2. The summed E-state index contributed by atoms with van der Waals surface area (Å²) in [5, 5.41) is 2.99. The van der Waals surface area contributed by atoms with Crippen molar-refractivity contribution in [3.63, 3.8) is 0 Å². The second-order valence-electron chi connectivity index (χ2n) is 6.14. The summed E-state index contributed by atoms with van der Waals surface area (Å²) in [5.74, 6) is -1.42. The molecule has 8 heteroatoms. The number of halogens is 2. The van der Waals surface area contributed by atoms with Gasteiger partial charge in [-0.2, -0.15) is 0 Å². The van der Waals surface area contributed by atoms with Gasteiger partial charge in [-0.3, -0.25) is 14.4 Å². The van der Waals surface area contributed by atoms with Gasteiger partial charge in [0.25, 0.3) is 11.5 Å². The molecule has 6 nitrogen and oxygen atoms in total. The SMILES string of the molecule is Cc1[nH]c(=O)c(C(=O)N2CCNC(=O)[C@H]2c2ccc(F)cc2)c(C)c1Cl. The molecule has 1 aliphatic heterocycles. The molecule has 2 aromatic rings. The number of nitrogens with zero attached hydrogens (tertiary/aromatic N) is 1. The van der Waals surface area contributed by atoms with Gasteiger partial charge in [0.15, 0.2) is 0 Å². The van der Waals surface area contributed by atoms with Gasteiger partial charge in [-0.1, -0.05) is 23.7 Å². The van der Waals surface area contributed by atoms with Gasteiger partial charge in [-0.25, -0.2) is 4.39 Å². The Kier molecular flexibility index (Phi) is 4.82. The third kappa shape index (κ3) is 3.10. The Morgan fingerprint density at radius 3 is 2.54 bits per heavy atom. The Morgan fingerprint density at radius 1 is 1.23 bits per heavy atom. The van der Waals surface area contributed by atoms with Crippen molar-refractivity contribution in [2.24, 2.45) is 0 Å². The van der Waals surface area contributed by atoms with Crippen LogP contribution in [0.1, 0.15) is 33.2 Å². The number of aromatic amines is 1. The number of carbonyl (C=O) groups excluding carboxylic acids is 2. The molecule has 0 radical (unpaired) electrons. The largest absolute Gasteiger partial charge is 0.352 e. The second-order valence-corrected chi connectivity index (χ2v) is 6.51. The molecule has 1 aliphatic rings. The lowest BCUT2D eigenvalue weighted by Gasteiger charge is -2.35. The Morgan fingerprint density at radius 2 is 1.88 bits per heavy atom. The van der Waals surface area contributed by atoms with Crippen molar-refractivity contribution in [3.05, 3.63) is 67.8 Å². The fraction of sp³-hybridized carbons (Fsp3) is 0.278. The first-order chi connectivity index (χ1) is 12.3. The maximum Gasteiger partial charge on any atom is 0.261 e. The molecule has 0 unspecified atom stereocenters. The van der Waals surface area contributed by atoms with Gasteiger partial charge in [0.05, 0.1) is 5.02 Å². The Hall–Kier alpha value is -2.67. The molecular weight excluding hydrogens is 361 g/mol. The van der Waals surface area contributed by atoms with Crippen LogP contribution in [0.15, 0.2) is 29.1 Å². The van der Waals surface area contributed by atoms with Gasteiger partial charge in [0.1, 0.15) is 17.4 Å². The van der Waals surface area contributed by atoms with Gasteiger partial charge in [0.2, 0.25) is 5.91 Å².